The molecule has 8 heavy (non-hydrogen) atoms. The fraction of sp³-hybridized carbons (Fsp3) is 0.500. The van der Waals surface area contributed by atoms with E-state index in [2.05, 4.69) is 25.7 Å². The molecule has 0 amide bonds. The molecule has 0 saturated carbocycles. The largest absolute Gasteiger partial charge is 0.0961 e. The minimum absolute atomic E-state index is 1.14. The molecule has 0 saturated heterocycles. The van der Waals surface area contributed by atoms with Gasteiger partial charge in [-0.15, -0.1) is 0 Å². The van der Waals surface area contributed by atoms with Crippen LogP contribution >= 0.6 is 0 Å². The Kier molecular flexibility index (Phi) is 4.33. The van der Waals surface area contributed by atoms with Gasteiger partial charge in [-0.25, -0.2) is 0 Å². The van der Waals surface area contributed by atoms with E-state index in [4.69, 9.17) is 0 Å². The number of unbranched alkanes of at least 4 members (excludes halogenated alkanes) is 1. The summed E-state index contributed by atoms with van der Waals surface area (Å²) in [5.41, 5.74) is 1.14. The van der Waals surface area contributed by atoms with Gasteiger partial charge in [-0.05, 0) is 13.3 Å². The van der Waals surface area contributed by atoms with Gasteiger partial charge in [-0.2, -0.15) is 0 Å². The molecule has 0 aliphatic carbocycles. The summed E-state index contributed by atoms with van der Waals surface area (Å²) in [6, 6.07) is 0. The van der Waals surface area contributed by atoms with E-state index in [0.29, 0.717) is 0 Å². The lowest BCUT2D eigenvalue weighted by atomic mass is 10.2. The highest BCUT2D eigenvalue weighted by molar-refractivity contribution is 5.10. The number of allylic oxidation sites excluding steroid dienone is 3. The van der Waals surface area contributed by atoms with Crippen LogP contribution in [-0.4, -0.2) is 0 Å². The van der Waals surface area contributed by atoms with Crippen molar-refractivity contribution in [2.45, 2.75) is 26.7 Å². The zero-order chi connectivity index (χ0) is 6.41. The second-order valence-corrected chi connectivity index (χ2v) is 2.04. The molecular formula is C8H14. The van der Waals surface area contributed by atoms with Gasteiger partial charge in [0.2, 0.25) is 0 Å². The summed E-state index contributed by atoms with van der Waals surface area (Å²) in [7, 11) is 0. The molecule has 0 fully saturated rings. The van der Waals surface area contributed by atoms with Crippen LogP contribution in [0.3, 0.4) is 0 Å². The summed E-state index contributed by atoms with van der Waals surface area (Å²) in [5.74, 6) is 0. The van der Waals surface area contributed by atoms with E-state index in [0.717, 1.165) is 5.57 Å². The minimum atomic E-state index is 1.14. The molecule has 0 atom stereocenters. The first kappa shape index (κ1) is 7.48. The van der Waals surface area contributed by atoms with Crippen molar-refractivity contribution >= 4 is 0 Å². The highest BCUT2D eigenvalue weighted by Gasteiger charge is 1.72. The molecule has 0 spiro atoms. The summed E-state index contributed by atoms with van der Waals surface area (Å²) in [4.78, 5) is 0. The predicted molar refractivity (Wildman–Crippen MR) is 38.9 cm³/mol. The molecule has 0 radical (unpaired) electrons. The molecule has 0 aromatic heterocycles. The van der Waals surface area contributed by atoms with Crippen molar-refractivity contribution in [3.8, 4) is 0 Å². The van der Waals surface area contributed by atoms with Crippen molar-refractivity contribution < 1.29 is 0 Å². The molecule has 0 bridgehead atoms. The van der Waals surface area contributed by atoms with Gasteiger partial charge in [-0.3, -0.25) is 0 Å². The second-order valence-electron chi connectivity index (χ2n) is 2.04. The number of hydrogen-bond donors (Lipinski definition) is 0. The topological polar surface area (TPSA) is 0 Å². The van der Waals surface area contributed by atoms with E-state index in [9.17, 15) is 0 Å². The lowest BCUT2D eigenvalue weighted by molar-refractivity contribution is 0.958. The Hall–Kier alpha value is -0.520. The zero-order valence-electron chi connectivity index (χ0n) is 5.78. The third kappa shape index (κ3) is 5.48. The van der Waals surface area contributed by atoms with Crippen LogP contribution in [0.5, 0.6) is 0 Å². The molecule has 0 unspecified atom stereocenters. The average Bonchev–Trinajstić information content (AvgIpc) is 1.66. The van der Waals surface area contributed by atoms with Crippen molar-refractivity contribution in [2.24, 2.45) is 0 Å². The Labute approximate surface area is 51.9 Å². The van der Waals surface area contributed by atoms with Crippen LogP contribution in [0.15, 0.2) is 24.3 Å². The minimum Gasteiger partial charge on any atom is -0.0961 e. The summed E-state index contributed by atoms with van der Waals surface area (Å²) in [5, 5.41) is 0. The van der Waals surface area contributed by atoms with Crippen molar-refractivity contribution in [3.63, 3.8) is 0 Å². The Morgan fingerprint density at radius 3 is 2.62 bits per heavy atom. The van der Waals surface area contributed by atoms with E-state index in [1.807, 2.05) is 6.92 Å². The van der Waals surface area contributed by atoms with Crippen LogP contribution in [0.2, 0.25) is 0 Å². The summed E-state index contributed by atoms with van der Waals surface area (Å²) in [6.45, 7) is 7.92. The summed E-state index contributed by atoms with van der Waals surface area (Å²) < 4.78 is 0. The molecule has 0 heterocycles. The van der Waals surface area contributed by atoms with Crippen LogP contribution in [0, 0.1) is 0 Å². The van der Waals surface area contributed by atoms with Crippen molar-refractivity contribution in [2.75, 3.05) is 0 Å². The molecule has 0 aromatic rings. The maximum Gasteiger partial charge on any atom is -0.0350 e. The van der Waals surface area contributed by atoms with Gasteiger partial charge in [0.25, 0.3) is 0 Å². The normalized spacial score (nSPS) is 10.2. The molecule has 0 N–H and O–H groups in total. The lowest BCUT2D eigenvalue weighted by Gasteiger charge is -1.83. The van der Waals surface area contributed by atoms with Gasteiger partial charge in [0.15, 0.2) is 0 Å². The molecule has 0 aliphatic heterocycles. The van der Waals surface area contributed by atoms with Crippen molar-refractivity contribution in [1.29, 1.82) is 0 Å². The van der Waals surface area contributed by atoms with E-state index in [1.165, 1.54) is 12.8 Å². The van der Waals surface area contributed by atoms with Gasteiger partial charge < -0.3 is 0 Å². The summed E-state index contributed by atoms with van der Waals surface area (Å²) in [6.07, 6.45) is 6.61. The predicted octanol–water partition coefficient (Wildman–Crippen LogP) is 2.92. The first-order valence-corrected chi connectivity index (χ1v) is 3.09. The Morgan fingerprint density at radius 2 is 2.25 bits per heavy atom. The van der Waals surface area contributed by atoms with Crippen LogP contribution in [0.1, 0.15) is 26.7 Å². The van der Waals surface area contributed by atoms with Crippen LogP contribution < -0.4 is 0 Å². The van der Waals surface area contributed by atoms with Crippen molar-refractivity contribution in [1.82, 2.24) is 0 Å². The number of rotatable bonds is 3. The Bertz CT molecular complexity index is 88.2. The van der Waals surface area contributed by atoms with Gasteiger partial charge >= 0.3 is 0 Å². The van der Waals surface area contributed by atoms with Gasteiger partial charge in [0, 0.05) is 0 Å². The van der Waals surface area contributed by atoms with E-state index >= 15 is 0 Å². The first-order chi connectivity index (χ1) is 3.77. The van der Waals surface area contributed by atoms with Gasteiger partial charge in [0.05, 0.1) is 0 Å². The highest BCUT2D eigenvalue weighted by Crippen LogP contribution is 1.93. The third-order valence-corrected chi connectivity index (χ3v) is 0.858. The molecule has 0 rings (SSSR count). The van der Waals surface area contributed by atoms with E-state index in [1.54, 1.807) is 0 Å². The Morgan fingerprint density at radius 1 is 1.62 bits per heavy atom. The third-order valence-electron chi connectivity index (χ3n) is 0.858. The monoisotopic (exact) mass is 110 g/mol. The fourth-order valence-corrected chi connectivity index (χ4v) is 0.451. The van der Waals surface area contributed by atoms with Crippen molar-refractivity contribution in [3.05, 3.63) is 24.3 Å². The molecule has 0 aliphatic rings. The molecule has 0 heteroatoms. The van der Waals surface area contributed by atoms with Crippen LogP contribution in [0.4, 0.5) is 0 Å². The van der Waals surface area contributed by atoms with Crippen LogP contribution in [0.25, 0.3) is 0 Å². The highest BCUT2D eigenvalue weighted by atomic mass is 13.8. The summed E-state index contributed by atoms with van der Waals surface area (Å²) >= 11 is 0. The van der Waals surface area contributed by atoms with Gasteiger partial charge in [0.1, 0.15) is 0 Å². The molecule has 0 nitrogen and oxygen atoms in total. The standard InChI is InChI=1S/C8H14/c1-4-5-6-7-8(2)3/h6-7H,2,4-5H2,1,3H3/b7-6-. The fourth-order valence-electron chi connectivity index (χ4n) is 0.451. The first-order valence-electron chi connectivity index (χ1n) is 3.09. The van der Waals surface area contributed by atoms with Crippen LogP contribution in [-0.2, 0) is 0 Å². The SMILES string of the molecule is C=C(C)/C=C\CCC. The second kappa shape index (κ2) is 4.63. The maximum atomic E-state index is 3.74. The zero-order valence-corrected chi connectivity index (χ0v) is 5.78. The van der Waals surface area contributed by atoms with E-state index < -0.39 is 0 Å². The number of hydrogen-bond acceptors (Lipinski definition) is 0. The quantitative estimate of drug-likeness (QED) is 0.490. The van der Waals surface area contributed by atoms with Gasteiger partial charge in [-0.1, -0.05) is 37.6 Å². The maximum absolute atomic E-state index is 3.74. The molecule has 46 valence electrons. The smallest absolute Gasteiger partial charge is 0.0350 e. The molecular weight excluding hydrogens is 96.1 g/mol. The Balaban J connectivity index is 3.20. The van der Waals surface area contributed by atoms with E-state index in [-0.39, 0.29) is 0 Å². The molecule has 0 aromatic carbocycles. The lowest BCUT2D eigenvalue weighted by Crippen LogP contribution is -1.62. The average molecular weight is 110 g/mol.